The minimum atomic E-state index is -1.09. The van der Waals surface area contributed by atoms with Gasteiger partial charge in [0.1, 0.15) is 11.2 Å². The molecule has 1 N–H and O–H groups in total. The molecule has 4 aliphatic carbocycles. The summed E-state index contributed by atoms with van der Waals surface area (Å²) in [6.45, 7) is 5.07. The van der Waals surface area contributed by atoms with Gasteiger partial charge >= 0.3 is 5.97 Å². The third kappa shape index (κ3) is 7.30. The Balaban J connectivity index is 1.09. The first-order valence-electron chi connectivity index (χ1n) is 24.3. The standard InChI is InChI=1S/C60H64O5/c1-3-63-55(61)54-35-34-52-51-37-41-58(62)42-50(65-60(47-28-16-7-17-29-47,48-30-18-8-19-31-48)49-32-20-9-21-33-49)36-40-57(58,53(51)38-39-56(52,54)2)43-64-59(44-22-10-4-11-23-44,45-24-12-5-13-25-45)46-26-14-6-15-27-46/h4-33,50-54,62H,3,34-43H2,1-2H3/t50-,51+,52+,53+,54-,56-,57-,58+/m0/s1. The van der Waals surface area contributed by atoms with Crippen LogP contribution in [0.2, 0.25) is 0 Å². The van der Waals surface area contributed by atoms with Crippen molar-refractivity contribution >= 4 is 5.97 Å². The highest BCUT2D eigenvalue weighted by atomic mass is 16.5. The zero-order valence-corrected chi connectivity index (χ0v) is 38.1. The molecule has 4 saturated carbocycles. The minimum Gasteiger partial charge on any atom is -0.466 e. The predicted octanol–water partition coefficient (Wildman–Crippen LogP) is 12.7. The fraction of sp³-hybridized carbons (Fsp3) is 0.383. The Labute approximate surface area is 386 Å². The van der Waals surface area contributed by atoms with Crippen molar-refractivity contribution < 1.29 is 24.1 Å². The normalized spacial score (nSPS) is 28.6. The molecule has 0 spiro atoms. The lowest BCUT2D eigenvalue weighted by Gasteiger charge is -2.65. The van der Waals surface area contributed by atoms with Gasteiger partial charge in [-0.3, -0.25) is 4.79 Å². The van der Waals surface area contributed by atoms with Crippen molar-refractivity contribution in [3.8, 4) is 0 Å². The highest BCUT2D eigenvalue weighted by Crippen LogP contribution is 2.69. The molecular weight excluding hydrogens is 801 g/mol. The van der Waals surface area contributed by atoms with Crippen LogP contribution in [-0.2, 0) is 30.2 Å². The number of carbonyl (C=O) groups is 1. The van der Waals surface area contributed by atoms with Crippen LogP contribution < -0.4 is 0 Å². The Morgan fingerprint density at radius 3 is 1.45 bits per heavy atom. The second kappa shape index (κ2) is 17.8. The van der Waals surface area contributed by atoms with Gasteiger partial charge in [-0.2, -0.15) is 0 Å². The maximum absolute atomic E-state index is 14.0. The maximum atomic E-state index is 14.0. The number of hydrogen-bond donors (Lipinski definition) is 1. The van der Waals surface area contributed by atoms with E-state index in [0.717, 1.165) is 78.3 Å². The van der Waals surface area contributed by atoms with E-state index in [9.17, 15) is 9.90 Å². The molecule has 0 unspecified atom stereocenters. The van der Waals surface area contributed by atoms with Gasteiger partial charge in [0.05, 0.1) is 30.8 Å². The van der Waals surface area contributed by atoms with Crippen molar-refractivity contribution in [2.45, 2.75) is 94.5 Å². The molecule has 0 saturated heterocycles. The van der Waals surface area contributed by atoms with Gasteiger partial charge in [-0.05, 0) is 115 Å². The molecule has 4 fully saturated rings. The van der Waals surface area contributed by atoms with E-state index in [0.29, 0.717) is 37.9 Å². The summed E-state index contributed by atoms with van der Waals surface area (Å²) in [6, 6.07) is 63.9. The minimum absolute atomic E-state index is 0.0314. The van der Waals surface area contributed by atoms with E-state index in [1.54, 1.807) is 0 Å². The summed E-state index contributed by atoms with van der Waals surface area (Å²) in [6.07, 6.45) is 7.07. The molecule has 0 aliphatic heterocycles. The van der Waals surface area contributed by atoms with Crippen LogP contribution in [-0.4, -0.2) is 36.0 Å². The van der Waals surface area contributed by atoms with Gasteiger partial charge in [-0.1, -0.05) is 189 Å². The van der Waals surface area contributed by atoms with Gasteiger partial charge in [-0.25, -0.2) is 0 Å². The molecule has 5 heteroatoms. The van der Waals surface area contributed by atoms with Crippen LogP contribution in [0.3, 0.4) is 0 Å². The average Bonchev–Trinajstić information content (AvgIpc) is 3.72. The zero-order chi connectivity index (χ0) is 44.5. The lowest BCUT2D eigenvalue weighted by atomic mass is 9.42. The molecule has 6 aromatic carbocycles. The molecule has 5 nitrogen and oxygen atoms in total. The summed E-state index contributed by atoms with van der Waals surface area (Å²) < 4.78 is 21.4. The van der Waals surface area contributed by atoms with E-state index in [-0.39, 0.29) is 29.3 Å². The lowest BCUT2D eigenvalue weighted by Crippen LogP contribution is -2.66. The number of ether oxygens (including phenoxy) is 3. The van der Waals surface area contributed by atoms with E-state index in [1.807, 2.05) is 6.92 Å². The van der Waals surface area contributed by atoms with Crippen molar-refractivity contribution in [3.63, 3.8) is 0 Å². The molecule has 0 amide bonds. The Hall–Kier alpha value is -5.33. The number of carbonyl (C=O) groups excluding carboxylic acids is 1. The molecule has 0 bridgehead atoms. The summed E-state index contributed by atoms with van der Waals surface area (Å²) >= 11 is 0. The topological polar surface area (TPSA) is 65.0 Å². The zero-order valence-electron chi connectivity index (χ0n) is 38.1. The molecule has 0 aromatic heterocycles. The Bertz CT molecular complexity index is 2300. The van der Waals surface area contributed by atoms with Gasteiger partial charge in [0.2, 0.25) is 0 Å². The first-order chi connectivity index (χ1) is 31.8. The highest BCUT2D eigenvalue weighted by molar-refractivity contribution is 5.74. The molecule has 6 aromatic rings. The predicted molar refractivity (Wildman–Crippen MR) is 257 cm³/mol. The number of fused-ring (bicyclic) bond motifs is 5. The first kappa shape index (κ1) is 43.6. The Morgan fingerprint density at radius 2 is 1.00 bits per heavy atom. The van der Waals surface area contributed by atoms with Gasteiger partial charge in [-0.15, -0.1) is 0 Å². The van der Waals surface area contributed by atoms with Crippen LogP contribution in [0.15, 0.2) is 182 Å². The fourth-order valence-electron chi connectivity index (χ4n) is 14.0. The van der Waals surface area contributed by atoms with Crippen LogP contribution in [0.25, 0.3) is 0 Å². The number of hydrogen-bond acceptors (Lipinski definition) is 5. The van der Waals surface area contributed by atoms with Gasteiger partial charge < -0.3 is 19.3 Å². The van der Waals surface area contributed by atoms with Gasteiger partial charge in [0.15, 0.2) is 0 Å². The van der Waals surface area contributed by atoms with Crippen molar-refractivity contribution in [2.24, 2.45) is 34.5 Å². The van der Waals surface area contributed by atoms with Crippen molar-refractivity contribution in [2.75, 3.05) is 13.2 Å². The molecule has 10 rings (SSSR count). The smallest absolute Gasteiger partial charge is 0.309 e. The van der Waals surface area contributed by atoms with E-state index < -0.39 is 22.2 Å². The Kier molecular flexibility index (Phi) is 11.9. The Morgan fingerprint density at radius 1 is 0.554 bits per heavy atom. The summed E-state index contributed by atoms with van der Waals surface area (Å²) in [4.78, 5) is 13.6. The average molecular weight is 865 g/mol. The molecule has 334 valence electrons. The third-order valence-corrected chi connectivity index (χ3v) is 17.0. The van der Waals surface area contributed by atoms with Crippen LogP contribution >= 0.6 is 0 Å². The summed E-state index contributed by atoms with van der Waals surface area (Å²) in [7, 11) is 0. The summed E-state index contributed by atoms with van der Waals surface area (Å²) in [5.74, 6) is 0.801. The monoisotopic (exact) mass is 864 g/mol. The van der Waals surface area contributed by atoms with E-state index in [1.165, 1.54) is 0 Å². The number of aliphatic hydroxyl groups is 1. The summed E-state index contributed by atoms with van der Waals surface area (Å²) in [5, 5.41) is 14.0. The van der Waals surface area contributed by atoms with Crippen molar-refractivity contribution in [1.82, 2.24) is 0 Å². The molecule has 0 radical (unpaired) electrons. The molecule has 4 aliphatic rings. The first-order valence-corrected chi connectivity index (χ1v) is 24.3. The summed E-state index contributed by atoms with van der Waals surface area (Å²) in [5.41, 5.74) is 2.73. The number of rotatable bonds is 13. The molecule has 0 heterocycles. The third-order valence-electron chi connectivity index (χ3n) is 17.0. The van der Waals surface area contributed by atoms with Crippen LogP contribution in [0.1, 0.15) is 105 Å². The largest absolute Gasteiger partial charge is 0.466 e. The highest BCUT2D eigenvalue weighted by Gasteiger charge is 2.68. The molecule has 8 atom stereocenters. The van der Waals surface area contributed by atoms with Gasteiger partial charge in [0, 0.05) is 11.8 Å². The second-order valence-electron chi connectivity index (χ2n) is 19.9. The van der Waals surface area contributed by atoms with Crippen molar-refractivity contribution in [1.29, 1.82) is 0 Å². The van der Waals surface area contributed by atoms with Crippen LogP contribution in [0.4, 0.5) is 0 Å². The number of benzene rings is 6. The maximum Gasteiger partial charge on any atom is 0.309 e. The second-order valence-corrected chi connectivity index (χ2v) is 19.9. The van der Waals surface area contributed by atoms with E-state index >= 15 is 0 Å². The van der Waals surface area contributed by atoms with E-state index in [2.05, 4.69) is 189 Å². The van der Waals surface area contributed by atoms with Crippen LogP contribution in [0, 0.1) is 34.5 Å². The fourth-order valence-corrected chi connectivity index (χ4v) is 14.0. The van der Waals surface area contributed by atoms with Gasteiger partial charge in [0.25, 0.3) is 0 Å². The SMILES string of the molecule is CCOC(=O)[C@@H]1CC[C@@H]2[C@H]3CC[C@@]4(O)C[C@@H](OC(c5ccccc5)(c5ccccc5)c5ccccc5)CC[C@]4(COC(c4ccccc4)(c4ccccc4)c4ccccc4)[C@@H]3CC[C@@]21C. The number of esters is 1. The van der Waals surface area contributed by atoms with Crippen LogP contribution in [0.5, 0.6) is 0 Å². The van der Waals surface area contributed by atoms with Crippen molar-refractivity contribution in [3.05, 3.63) is 215 Å². The lowest BCUT2D eigenvalue weighted by molar-refractivity contribution is -0.262. The molecule has 65 heavy (non-hydrogen) atoms. The molecular formula is C60H64O5. The van der Waals surface area contributed by atoms with E-state index in [4.69, 9.17) is 14.2 Å². The quantitative estimate of drug-likeness (QED) is 0.0925.